The Balaban J connectivity index is 1.63. The Labute approximate surface area is 152 Å². The third kappa shape index (κ3) is 4.25. The van der Waals surface area contributed by atoms with E-state index in [2.05, 4.69) is 26.7 Å². The fourth-order valence-corrected chi connectivity index (χ4v) is 2.95. The average molecular weight is 348 g/mol. The van der Waals surface area contributed by atoms with E-state index in [-0.39, 0.29) is 5.69 Å². The Morgan fingerprint density at radius 1 is 1.23 bits per heavy atom. The van der Waals surface area contributed by atoms with E-state index >= 15 is 0 Å². The van der Waals surface area contributed by atoms with Crippen molar-refractivity contribution in [2.24, 2.45) is 0 Å². The number of piperidine rings is 1. The lowest BCUT2D eigenvalue weighted by Gasteiger charge is -2.30. The van der Waals surface area contributed by atoms with Crippen LogP contribution in [0, 0.1) is 35.8 Å². The predicted octanol–water partition coefficient (Wildman–Crippen LogP) is 3.58. The monoisotopic (exact) mass is 348 g/mol. The quantitative estimate of drug-likeness (QED) is 0.471. The molecule has 132 valence electrons. The van der Waals surface area contributed by atoms with Crippen molar-refractivity contribution in [3.05, 3.63) is 69.2 Å². The van der Waals surface area contributed by atoms with Crippen molar-refractivity contribution in [2.75, 3.05) is 18.0 Å². The molecule has 1 aliphatic rings. The Bertz CT molecular complexity index is 915. The van der Waals surface area contributed by atoms with Gasteiger partial charge in [0.1, 0.15) is 17.7 Å². The molecule has 0 unspecified atom stereocenters. The van der Waals surface area contributed by atoms with Gasteiger partial charge in [-0.2, -0.15) is 0 Å². The molecule has 1 aliphatic heterocycles. The van der Waals surface area contributed by atoms with Crippen LogP contribution in [0.4, 0.5) is 11.5 Å². The van der Waals surface area contributed by atoms with Gasteiger partial charge in [-0.15, -0.1) is 0 Å². The minimum atomic E-state index is -0.414. The lowest BCUT2D eigenvalue weighted by atomic mass is 10.0. The van der Waals surface area contributed by atoms with Crippen LogP contribution in [0.3, 0.4) is 0 Å². The first kappa shape index (κ1) is 17.6. The van der Waals surface area contributed by atoms with Gasteiger partial charge < -0.3 is 4.90 Å². The lowest BCUT2D eigenvalue weighted by Crippen LogP contribution is -2.31. The molecule has 6 heteroatoms. The first-order valence-electron chi connectivity index (χ1n) is 8.51. The van der Waals surface area contributed by atoms with E-state index in [0.29, 0.717) is 0 Å². The minimum absolute atomic E-state index is 0.0314. The molecular formula is C20H20N4O2. The number of rotatable bonds is 2. The summed E-state index contributed by atoms with van der Waals surface area (Å²) >= 11 is 0. The predicted molar refractivity (Wildman–Crippen MR) is 101 cm³/mol. The molecule has 6 nitrogen and oxygen atoms in total. The van der Waals surface area contributed by atoms with Crippen LogP contribution in [0.2, 0.25) is 0 Å². The van der Waals surface area contributed by atoms with Crippen LogP contribution < -0.4 is 4.90 Å². The van der Waals surface area contributed by atoms with Gasteiger partial charge in [0, 0.05) is 25.4 Å². The number of hydrogen-bond donors (Lipinski definition) is 0. The molecule has 0 aromatic carbocycles. The van der Waals surface area contributed by atoms with Gasteiger partial charge >= 0.3 is 0 Å². The Morgan fingerprint density at radius 2 is 2.00 bits per heavy atom. The van der Waals surface area contributed by atoms with Crippen LogP contribution in [0.1, 0.15) is 29.7 Å². The summed E-state index contributed by atoms with van der Waals surface area (Å²) in [6.45, 7) is 5.56. The molecular weight excluding hydrogens is 328 g/mol. The maximum Gasteiger partial charge on any atom is 0.287 e. The molecule has 0 radical (unpaired) electrons. The number of hydrogen-bond acceptors (Lipinski definition) is 5. The molecule has 1 fully saturated rings. The van der Waals surface area contributed by atoms with Gasteiger partial charge in [-0.05, 0) is 61.9 Å². The number of aromatic nitrogens is 2. The highest BCUT2D eigenvalue weighted by Crippen LogP contribution is 2.26. The summed E-state index contributed by atoms with van der Waals surface area (Å²) in [7, 11) is 0. The largest absolute Gasteiger partial charge is 0.356 e. The zero-order valence-electron chi connectivity index (χ0n) is 14.9. The van der Waals surface area contributed by atoms with Crippen molar-refractivity contribution < 1.29 is 4.92 Å². The molecule has 2 aromatic heterocycles. The smallest absolute Gasteiger partial charge is 0.287 e. The lowest BCUT2D eigenvalue weighted by molar-refractivity contribution is -0.385. The average Bonchev–Trinajstić information content (AvgIpc) is 2.62. The van der Waals surface area contributed by atoms with Crippen molar-refractivity contribution >= 4 is 11.5 Å². The summed E-state index contributed by atoms with van der Waals surface area (Å²) in [5.41, 5.74) is 4.10. The summed E-state index contributed by atoms with van der Waals surface area (Å²) < 4.78 is 0. The maximum atomic E-state index is 10.8. The Hall–Kier alpha value is -3.20. The van der Waals surface area contributed by atoms with Crippen molar-refractivity contribution in [2.45, 2.75) is 26.7 Å². The third-order valence-electron chi connectivity index (χ3n) is 4.34. The van der Waals surface area contributed by atoms with Crippen LogP contribution in [0.5, 0.6) is 0 Å². The molecule has 0 spiro atoms. The van der Waals surface area contributed by atoms with Crippen molar-refractivity contribution in [3.8, 4) is 11.8 Å². The summed E-state index contributed by atoms with van der Waals surface area (Å²) in [6.07, 6.45) is 6.90. The van der Waals surface area contributed by atoms with Gasteiger partial charge in [0.05, 0.1) is 4.92 Å². The van der Waals surface area contributed by atoms with E-state index in [0.717, 1.165) is 48.6 Å². The second-order valence-electron chi connectivity index (χ2n) is 6.37. The standard InChI is InChI=1S/C20H20N4O2/c1-15-6-9-21-18(12-15)5-3-4-17-7-10-23(11-8-17)20-16(2)13-19(14-22-20)24(25)26/h4,6,9,12-14H,7-8,10-11H2,1-2H3. The van der Waals surface area contributed by atoms with Crippen molar-refractivity contribution in [1.82, 2.24) is 9.97 Å². The number of allylic oxidation sites excluding steroid dienone is 1. The normalized spacial score (nSPS) is 13.8. The zero-order chi connectivity index (χ0) is 18.5. The highest BCUT2D eigenvalue weighted by molar-refractivity contribution is 5.51. The fraction of sp³-hybridized carbons (Fsp3) is 0.300. The molecule has 0 saturated carbocycles. The number of nitrogens with zero attached hydrogens (tertiary/aromatic N) is 4. The number of pyridine rings is 2. The molecule has 0 atom stereocenters. The van der Waals surface area contributed by atoms with Crippen molar-refractivity contribution in [1.29, 1.82) is 0 Å². The molecule has 3 rings (SSSR count). The topological polar surface area (TPSA) is 72.2 Å². The van der Waals surface area contributed by atoms with Gasteiger partial charge in [0.2, 0.25) is 0 Å². The number of nitro groups is 1. The minimum Gasteiger partial charge on any atom is -0.356 e. The molecule has 0 bridgehead atoms. The molecule has 26 heavy (non-hydrogen) atoms. The number of anilines is 1. The van der Waals surface area contributed by atoms with E-state index in [4.69, 9.17) is 0 Å². The van der Waals surface area contributed by atoms with E-state index in [1.54, 1.807) is 12.3 Å². The highest BCUT2D eigenvalue weighted by atomic mass is 16.6. The second kappa shape index (κ2) is 7.79. The molecule has 0 aliphatic carbocycles. The van der Waals surface area contributed by atoms with E-state index in [1.807, 2.05) is 32.1 Å². The van der Waals surface area contributed by atoms with E-state index < -0.39 is 4.92 Å². The zero-order valence-corrected chi connectivity index (χ0v) is 14.9. The summed E-state index contributed by atoms with van der Waals surface area (Å²) in [5.74, 6) is 7.00. The first-order valence-corrected chi connectivity index (χ1v) is 8.51. The van der Waals surface area contributed by atoms with Gasteiger partial charge in [-0.3, -0.25) is 10.1 Å². The fourth-order valence-electron chi connectivity index (χ4n) is 2.95. The highest BCUT2D eigenvalue weighted by Gasteiger charge is 2.18. The van der Waals surface area contributed by atoms with Gasteiger partial charge in [-0.1, -0.05) is 11.5 Å². The van der Waals surface area contributed by atoms with Crippen LogP contribution in [-0.2, 0) is 0 Å². The molecule has 0 amide bonds. The summed E-state index contributed by atoms with van der Waals surface area (Å²) in [5, 5.41) is 10.8. The Kier molecular flexibility index (Phi) is 5.28. The first-order chi connectivity index (χ1) is 12.5. The SMILES string of the molecule is Cc1ccnc(C#CC=C2CCN(c3ncc([N+](=O)[O-])cc3C)CC2)c1. The van der Waals surface area contributed by atoms with Crippen LogP contribution in [0.15, 0.2) is 42.2 Å². The maximum absolute atomic E-state index is 10.8. The van der Waals surface area contributed by atoms with Crippen molar-refractivity contribution in [3.63, 3.8) is 0 Å². The van der Waals surface area contributed by atoms with Crippen LogP contribution >= 0.6 is 0 Å². The Morgan fingerprint density at radius 3 is 2.65 bits per heavy atom. The van der Waals surface area contributed by atoms with Gasteiger partial charge in [0.25, 0.3) is 5.69 Å². The third-order valence-corrected chi connectivity index (χ3v) is 4.34. The van der Waals surface area contributed by atoms with Gasteiger partial charge in [-0.25, -0.2) is 9.97 Å². The second-order valence-corrected chi connectivity index (χ2v) is 6.37. The summed E-state index contributed by atoms with van der Waals surface area (Å²) in [6, 6.07) is 5.50. The number of aryl methyl sites for hydroxylation is 2. The van der Waals surface area contributed by atoms with Gasteiger partial charge in [0.15, 0.2) is 0 Å². The summed E-state index contributed by atoms with van der Waals surface area (Å²) in [4.78, 5) is 21.1. The van der Waals surface area contributed by atoms with E-state index in [1.165, 1.54) is 11.8 Å². The molecule has 2 aromatic rings. The van der Waals surface area contributed by atoms with Crippen LogP contribution in [-0.4, -0.2) is 28.0 Å². The molecule has 0 N–H and O–H groups in total. The van der Waals surface area contributed by atoms with Crippen LogP contribution in [0.25, 0.3) is 0 Å². The molecule has 3 heterocycles. The van der Waals surface area contributed by atoms with E-state index in [9.17, 15) is 10.1 Å². The molecule has 1 saturated heterocycles.